The molecule has 1 spiro atoms. The van der Waals surface area contributed by atoms with Crippen LogP contribution >= 0.6 is 0 Å². The minimum absolute atomic E-state index is 0.0151. The van der Waals surface area contributed by atoms with Crippen LogP contribution in [-0.2, 0) is 27.2 Å². The summed E-state index contributed by atoms with van der Waals surface area (Å²) < 4.78 is 17.5. The van der Waals surface area contributed by atoms with Gasteiger partial charge in [0, 0.05) is 35.7 Å². The van der Waals surface area contributed by atoms with Crippen molar-refractivity contribution in [1.29, 1.82) is 0 Å². The summed E-state index contributed by atoms with van der Waals surface area (Å²) in [6.45, 7) is -0.162. The predicted molar refractivity (Wildman–Crippen MR) is 231 cm³/mol. The van der Waals surface area contributed by atoms with E-state index >= 15 is 0 Å². The van der Waals surface area contributed by atoms with E-state index in [0.717, 1.165) is 82.9 Å². The lowest BCUT2D eigenvalue weighted by Crippen LogP contribution is -2.51. The van der Waals surface area contributed by atoms with E-state index in [1.165, 1.54) is 12.8 Å². The molecule has 3 saturated carbocycles. The molecule has 2 heterocycles. The Balaban J connectivity index is 1.18. The van der Waals surface area contributed by atoms with Crippen LogP contribution in [-0.4, -0.2) is 69.7 Å². The molecular weight excluding hydrogens is 771 g/mol. The van der Waals surface area contributed by atoms with Crippen molar-refractivity contribution >= 4 is 28.2 Å². The average molecular weight is 828 g/mol. The fourth-order valence-corrected chi connectivity index (χ4v) is 12.3. The van der Waals surface area contributed by atoms with Gasteiger partial charge < -0.3 is 39.6 Å². The molecule has 3 aromatic carbocycles. The Morgan fingerprint density at radius 1 is 0.951 bits per heavy atom. The van der Waals surface area contributed by atoms with Gasteiger partial charge in [-0.1, -0.05) is 55.0 Å². The Morgan fingerprint density at radius 2 is 1.77 bits per heavy atom. The number of phenolic OH excluding ortho intramolecular Hbond substituents is 2. The van der Waals surface area contributed by atoms with Gasteiger partial charge in [-0.05, 0) is 139 Å². The SMILES string of the molecule is COc1cc2c(cc1O)C1=C[C@H]3CC4(CCCC4)[C@H]4C[C@@H](O)CC[C@@H]4[C@H]3[C@@H]2CC(=O)C[C@@H](CCc2ccc(O)c(OCCO)c2)OC(=O)CC#CCc2c1[nH]c1ccccc21. The number of cyclic esters (lactones) is 1. The predicted octanol–water partition coefficient (Wildman–Crippen LogP) is 8.30. The van der Waals surface area contributed by atoms with E-state index in [1.807, 2.05) is 24.3 Å². The van der Waals surface area contributed by atoms with E-state index in [4.69, 9.17) is 14.2 Å². The van der Waals surface area contributed by atoms with Gasteiger partial charge in [0.25, 0.3) is 0 Å². The minimum atomic E-state index is -0.722. The number of aliphatic hydroxyl groups is 2. The molecule has 61 heavy (non-hydrogen) atoms. The molecule has 2 bridgehead atoms. The van der Waals surface area contributed by atoms with Crippen molar-refractivity contribution in [3.8, 4) is 34.8 Å². The van der Waals surface area contributed by atoms with E-state index in [2.05, 4.69) is 35.0 Å². The van der Waals surface area contributed by atoms with Crippen LogP contribution in [0.15, 0.2) is 60.7 Å². The number of nitrogens with one attached hydrogen (secondary N) is 1. The van der Waals surface area contributed by atoms with Gasteiger partial charge in [0.05, 0.1) is 25.5 Å². The fraction of sp³-hybridized carbons (Fsp3) is 0.490. The summed E-state index contributed by atoms with van der Waals surface area (Å²) in [6, 6.07) is 17.0. The van der Waals surface area contributed by atoms with Gasteiger partial charge in [-0.15, -0.1) is 0 Å². The Labute approximate surface area is 357 Å². The van der Waals surface area contributed by atoms with Crippen LogP contribution in [0.25, 0.3) is 16.5 Å². The molecule has 0 unspecified atom stereocenters. The maximum Gasteiger partial charge on any atom is 0.318 e. The van der Waals surface area contributed by atoms with Crippen molar-refractivity contribution in [2.75, 3.05) is 20.3 Å². The van der Waals surface area contributed by atoms with Gasteiger partial charge in [0.2, 0.25) is 0 Å². The van der Waals surface area contributed by atoms with Gasteiger partial charge in [0.15, 0.2) is 23.0 Å². The number of ketones is 1. The number of Topliss-reactive ketones (excluding diaryl/α,β-unsaturated/α-hetero) is 1. The number of hydrogen-bond acceptors (Lipinski definition) is 9. The van der Waals surface area contributed by atoms with E-state index < -0.39 is 12.1 Å². The van der Waals surface area contributed by atoms with Crippen LogP contribution in [0.1, 0.15) is 111 Å². The van der Waals surface area contributed by atoms with Crippen molar-refractivity contribution in [2.24, 2.45) is 29.1 Å². The number of aryl methyl sites for hydroxylation is 1. The van der Waals surface area contributed by atoms with Gasteiger partial charge in [-0.3, -0.25) is 9.59 Å². The quantitative estimate of drug-likeness (QED) is 0.0913. The lowest BCUT2D eigenvalue weighted by molar-refractivity contribution is -0.149. The summed E-state index contributed by atoms with van der Waals surface area (Å²) in [5.41, 5.74) is 6.70. The number of aliphatic hydroxyl groups excluding tert-OH is 2. The van der Waals surface area contributed by atoms with E-state index in [-0.39, 0.29) is 90.7 Å². The highest BCUT2D eigenvalue weighted by Gasteiger charge is 2.57. The number of phenols is 2. The molecule has 9 rings (SSSR count). The minimum Gasteiger partial charge on any atom is -0.504 e. The number of aromatic amines is 1. The Hall–Kier alpha value is -5.24. The van der Waals surface area contributed by atoms with Crippen LogP contribution in [0.5, 0.6) is 23.0 Å². The fourth-order valence-electron chi connectivity index (χ4n) is 12.3. The number of ether oxygens (including phenoxy) is 3. The van der Waals surface area contributed by atoms with E-state index in [9.17, 15) is 30.0 Å². The Kier molecular flexibility index (Phi) is 11.6. The molecular formula is C51H57NO9. The van der Waals surface area contributed by atoms with Gasteiger partial charge >= 0.3 is 5.97 Å². The number of aromatic nitrogens is 1. The third-order valence-corrected chi connectivity index (χ3v) is 14.8. The number of fused-ring (bicyclic) bond motifs is 9. The number of carbonyl (C=O) groups excluding carboxylic acids is 2. The molecule has 0 saturated heterocycles. The summed E-state index contributed by atoms with van der Waals surface area (Å²) in [4.78, 5) is 32.1. The van der Waals surface area contributed by atoms with Crippen molar-refractivity contribution < 1.29 is 44.2 Å². The van der Waals surface area contributed by atoms with Crippen LogP contribution in [0.4, 0.5) is 0 Å². The summed E-state index contributed by atoms with van der Waals surface area (Å²) in [5, 5.41) is 43.4. The molecule has 7 atom stereocenters. The van der Waals surface area contributed by atoms with Crippen molar-refractivity contribution in [3.63, 3.8) is 0 Å². The number of methoxy groups -OCH3 is 1. The second-order valence-electron chi connectivity index (χ2n) is 18.3. The van der Waals surface area contributed by atoms with Crippen LogP contribution in [0.3, 0.4) is 0 Å². The van der Waals surface area contributed by atoms with E-state index in [0.29, 0.717) is 30.9 Å². The first-order valence-corrected chi connectivity index (χ1v) is 22.3. The maximum absolute atomic E-state index is 14.9. The van der Waals surface area contributed by atoms with Crippen molar-refractivity contribution in [2.45, 2.75) is 108 Å². The molecule has 0 radical (unpaired) electrons. The molecule has 320 valence electrons. The number of benzene rings is 3. The standard InChI is InChI=1S/C51H57NO9/c1-59-46-28-39-38(27-45(46)57)41-23-31-29-51(18-6-7-19-51)42-26-32(54)14-16-37(42)49(31)40(39)25-33(55)24-34(15-12-30-13-17-44(56)47(22-30)60-21-20-53)61-48(58)11-5-3-9-36-35-8-2-4-10-43(35)52-50(36)41/h2,4,8,10,13,17,22-23,27-28,31-32,34,37,40,42,49,52-54,56-57H,6-7,9,11-12,14-16,18-21,24-26,29H2,1H3/t31-,32-,34+,37-,40+,42-,49-/m0/s1. The summed E-state index contributed by atoms with van der Waals surface area (Å²) in [5.74, 6) is 7.05. The zero-order valence-electron chi connectivity index (χ0n) is 35.0. The summed E-state index contributed by atoms with van der Waals surface area (Å²) in [6.07, 6.45) is 10.8. The average Bonchev–Trinajstić information content (AvgIpc) is 3.85. The smallest absolute Gasteiger partial charge is 0.318 e. The molecule has 5 aliphatic rings. The Morgan fingerprint density at radius 3 is 2.59 bits per heavy atom. The van der Waals surface area contributed by atoms with Crippen molar-refractivity contribution in [3.05, 3.63) is 88.6 Å². The number of H-pyrrole nitrogens is 1. The highest BCUT2D eigenvalue weighted by Crippen LogP contribution is 2.66. The Bertz CT molecular complexity index is 2400. The lowest BCUT2D eigenvalue weighted by atomic mass is 9.48. The lowest BCUT2D eigenvalue weighted by Gasteiger charge is -2.57. The number of rotatable bonds is 7. The number of para-hydroxylation sites is 1. The number of hydrogen-bond donors (Lipinski definition) is 5. The highest BCUT2D eigenvalue weighted by atomic mass is 16.5. The molecule has 1 aromatic heterocycles. The molecule has 4 aliphatic carbocycles. The second kappa shape index (κ2) is 17.3. The summed E-state index contributed by atoms with van der Waals surface area (Å²) in [7, 11) is 1.56. The van der Waals surface area contributed by atoms with E-state index in [1.54, 1.807) is 25.3 Å². The largest absolute Gasteiger partial charge is 0.504 e. The molecule has 10 nitrogen and oxygen atoms in total. The van der Waals surface area contributed by atoms with Gasteiger partial charge in [-0.2, -0.15) is 0 Å². The number of allylic oxidation sites excluding steroid dienone is 1. The van der Waals surface area contributed by atoms with Gasteiger partial charge in [-0.25, -0.2) is 0 Å². The van der Waals surface area contributed by atoms with Crippen molar-refractivity contribution in [1.82, 2.24) is 4.98 Å². The molecule has 5 N–H and O–H groups in total. The number of carbonyl (C=O) groups is 2. The summed E-state index contributed by atoms with van der Waals surface area (Å²) >= 11 is 0. The first kappa shape index (κ1) is 41.1. The molecule has 10 heteroatoms. The highest BCUT2D eigenvalue weighted by molar-refractivity contribution is 5.94. The first-order valence-electron chi connectivity index (χ1n) is 22.3. The zero-order valence-corrected chi connectivity index (χ0v) is 35.0. The third-order valence-electron chi connectivity index (χ3n) is 14.8. The second-order valence-corrected chi connectivity index (χ2v) is 18.3. The van der Waals surface area contributed by atoms with Crippen LogP contribution < -0.4 is 9.47 Å². The number of aromatic hydroxyl groups is 2. The maximum atomic E-state index is 14.9. The molecule has 1 aliphatic heterocycles. The first-order chi connectivity index (χ1) is 29.6. The van der Waals surface area contributed by atoms with Crippen LogP contribution in [0, 0.1) is 40.9 Å². The molecule has 4 aromatic rings. The van der Waals surface area contributed by atoms with Gasteiger partial charge in [0.1, 0.15) is 24.9 Å². The van der Waals surface area contributed by atoms with Crippen LogP contribution in [0.2, 0.25) is 0 Å². The third kappa shape index (κ3) is 8.03. The number of esters is 1. The molecule has 0 amide bonds. The molecule has 3 fully saturated rings. The normalized spacial score (nSPS) is 27.1. The topological polar surface area (TPSA) is 159 Å². The zero-order chi connectivity index (χ0) is 42.3. The monoisotopic (exact) mass is 827 g/mol.